The molecular weight excluding hydrogens is 366 g/mol. The highest BCUT2D eigenvalue weighted by Gasteiger charge is 2.25. The number of primary amides is 1. The lowest BCUT2D eigenvalue weighted by Crippen LogP contribution is -2.33. The van der Waals surface area contributed by atoms with E-state index in [0.717, 1.165) is 16.5 Å². The molecule has 1 aromatic heterocycles. The van der Waals surface area contributed by atoms with Crippen LogP contribution in [0.1, 0.15) is 38.9 Å². The summed E-state index contributed by atoms with van der Waals surface area (Å²) in [7, 11) is 1.84. The minimum atomic E-state index is -0.512. The number of carbonyl (C=O) groups excluding carboxylic acids is 2. The topological polar surface area (TPSA) is 86.3 Å². The largest absolute Gasteiger partial charge is 0.493 e. The van der Waals surface area contributed by atoms with Crippen molar-refractivity contribution in [1.29, 1.82) is 0 Å². The van der Waals surface area contributed by atoms with Crippen LogP contribution < -0.4 is 15.8 Å². The van der Waals surface area contributed by atoms with Crippen LogP contribution in [0.2, 0.25) is 5.02 Å². The third-order valence-electron chi connectivity index (χ3n) is 4.88. The highest BCUT2D eigenvalue weighted by atomic mass is 35.5. The maximum atomic E-state index is 12.9. The maximum Gasteiger partial charge on any atom is 0.268 e. The Morgan fingerprint density at radius 1 is 1.22 bits per heavy atom. The molecule has 3 N–H and O–H groups in total. The summed E-state index contributed by atoms with van der Waals surface area (Å²) in [5, 5.41) is 4.64. The molecular formula is C20H18ClN3O3. The predicted octanol–water partition coefficient (Wildman–Crippen LogP) is 3.18. The molecule has 0 bridgehead atoms. The number of nitrogens with two attached hydrogens (primary N) is 1. The molecule has 4 rings (SSSR count). The van der Waals surface area contributed by atoms with Gasteiger partial charge in [0.1, 0.15) is 11.4 Å². The molecule has 0 saturated heterocycles. The fourth-order valence-electron chi connectivity index (χ4n) is 3.45. The van der Waals surface area contributed by atoms with E-state index in [0.29, 0.717) is 35.1 Å². The first kappa shape index (κ1) is 17.4. The van der Waals surface area contributed by atoms with Gasteiger partial charge in [0.15, 0.2) is 0 Å². The zero-order valence-electron chi connectivity index (χ0n) is 14.7. The van der Waals surface area contributed by atoms with Crippen LogP contribution in [0.5, 0.6) is 5.75 Å². The second kappa shape index (κ2) is 6.63. The fraction of sp³-hybridized carbons (Fsp3) is 0.200. The second-order valence-electron chi connectivity index (χ2n) is 6.57. The summed E-state index contributed by atoms with van der Waals surface area (Å²) in [5.41, 5.74) is 7.99. The number of hydrogen-bond donors (Lipinski definition) is 2. The number of amides is 2. The van der Waals surface area contributed by atoms with Gasteiger partial charge in [-0.3, -0.25) is 9.59 Å². The van der Waals surface area contributed by atoms with Crippen molar-refractivity contribution in [2.75, 3.05) is 6.61 Å². The van der Waals surface area contributed by atoms with Crippen LogP contribution in [-0.2, 0) is 7.05 Å². The third-order valence-corrected chi connectivity index (χ3v) is 5.12. The number of benzene rings is 2. The highest BCUT2D eigenvalue weighted by Crippen LogP contribution is 2.33. The number of hydrogen-bond acceptors (Lipinski definition) is 3. The molecule has 6 nitrogen and oxygen atoms in total. The van der Waals surface area contributed by atoms with Gasteiger partial charge in [-0.1, -0.05) is 23.7 Å². The number of rotatable bonds is 3. The summed E-state index contributed by atoms with van der Waals surface area (Å²) in [6, 6.07) is 12.2. The monoisotopic (exact) mass is 383 g/mol. The predicted molar refractivity (Wildman–Crippen MR) is 103 cm³/mol. The molecule has 1 aliphatic heterocycles. The second-order valence-corrected chi connectivity index (χ2v) is 7.01. The Labute approximate surface area is 160 Å². The van der Waals surface area contributed by atoms with E-state index in [2.05, 4.69) is 5.32 Å². The third kappa shape index (κ3) is 3.13. The fourth-order valence-corrected chi connectivity index (χ4v) is 3.61. The van der Waals surface area contributed by atoms with Crippen LogP contribution in [0.25, 0.3) is 10.9 Å². The summed E-state index contributed by atoms with van der Waals surface area (Å²) in [5.74, 6) is -0.116. The first-order valence-electron chi connectivity index (χ1n) is 8.56. The number of nitrogens with one attached hydrogen (secondary N) is 1. The lowest BCUT2D eigenvalue weighted by atomic mass is 9.98. The summed E-state index contributed by atoms with van der Waals surface area (Å²) < 4.78 is 7.46. The smallest absolute Gasteiger partial charge is 0.268 e. The van der Waals surface area contributed by atoms with Crippen molar-refractivity contribution >= 4 is 34.3 Å². The van der Waals surface area contributed by atoms with E-state index in [4.69, 9.17) is 22.1 Å². The van der Waals surface area contributed by atoms with E-state index >= 15 is 0 Å². The van der Waals surface area contributed by atoms with Crippen LogP contribution >= 0.6 is 11.6 Å². The van der Waals surface area contributed by atoms with Gasteiger partial charge in [-0.25, -0.2) is 0 Å². The Hall–Kier alpha value is -2.99. The minimum absolute atomic E-state index is 0.179. The van der Waals surface area contributed by atoms with Gasteiger partial charge < -0.3 is 20.4 Å². The van der Waals surface area contributed by atoms with Gasteiger partial charge in [0.05, 0.1) is 12.6 Å². The van der Waals surface area contributed by atoms with Gasteiger partial charge in [-0.05, 0) is 30.3 Å². The van der Waals surface area contributed by atoms with Crippen molar-refractivity contribution < 1.29 is 14.3 Å². The van der Waals surface area contributed by atoms with Crippen molar-refractivity contribution in [2.24, 2.45) is 12.8 Å². The molecule has 1 atom stereocenters. The highest BCUT2D eigenvalue weighted by molar-refractivity contribution is 6.31. The van der Waals surface area contributed by atoms with E-state index in [1.54, 1.807) is 24.3 Å². The number of aromatic nitrogens is 1. The molecule has 0 radical (unpaired) electrons. The molecule has 2 heterocycles. The normalized spacial score (nSPS) is 15.9. The van der Waals surface area contributed by atoms with Crippen molar-refractivity contribution in [3.8, 4) is 5.75 Å². The van der Waals surface area contributed by atoms with Crippen molar-refractivity contribution in [2.45, 2.75) is 12.5 Å². The standard InChI is InChI=1S/C20H18ClN3O3/c1-24-16-10-13(21)4-2-11(16)8-17(24)20(26)23-15-6-7-27-18-9-12(19(22)25)3-5-14(15)18/h2-5,8-10,15H,6-7H2,1H3,(H2,22,25)(H,23,26). The van der Waals surface area contributed by atoms with Gasteiger partial charge in [-0.15, -0.1) is 0 Å². The van der Waals surface area contributed by atoms with Gasteiger partial charge in [0, 0.05) is 40.5 Å². The molecule has 27 heavy (non-hydrogen) atoms. The van der Waals surface area contributed by atoms with Gasteiger partial charge in [-0.2, -0.15) is 0 Å². The van der Waals surface area contributed by atoms with Crippen molar-refractivity contribution in [3.63, 3.8) is 0 Å². The number of nitrogens with zero attached hydrogens (tertiary/aromatic N) is 1. The number of fused-ring (bicyclic) bond motifs is 2. The summed E-state index contributed by atoms with van der Waals surface area (Å²) in [6.45, 7) is 0.449. The Kier molecular flexibility index (Phi) is 4.28. The van der Waals surface area contributed by atoms with E-state index in [9.17, 15) is 9.59 Å². The van der Waals surface area contributed by atoms with Crippen molar-refractivity contribution in [3.05, 3.63) is 64.3 Å². The van der Waals surface area contributed by atoms with E-state index < -0.39 is 5.91 Å². The first-order valence-corrected chi connectivity index (χ1v) is 8.94. The van der Waals surface area contributed by atoms with Crippen LogP contribution in [0.3, 0.4) is 0 Å². The number of aryl methyl sites for hydroxylation is 1. The van der Waals surface area contributed by atoms with Crippen molar-refractivity contribution in [1.82, 2.24) is 9.88 Å². The molecule has 3 aromatic rings. The molecule has 2 aromatic carbocycles. The molecule has 0 spiro atoms. The number of ether oxygens (including phenoxy) is 1. The average Bonchev–Trinajstić information content (AvgIpc) is 2.98. The number of halogens is 1. The molecule has 1 unspecified atom stereocenters. The zero-order chi connectivity index (χ0) is 19.1. The van der Waals surface area contributed by atoms with Crippen LogP contribution in [0.15, 0.2) is 42.5 Å². The molecule has 7 heteroatoms. The number of carbonyl (C=O) groups is 2. The lowest BCUT2D eigenvalue weighted by molar-refractivity contribution is 0.0915. The SMILES string of the molecule is Cn1c(C(=O)NC2CCOc3cc(C(N)=O)ccc32)cc2ccc(Cl)cc21. The zero-order valence-corrected chi connectivity index (χ0v) is 15.4. The molecule has 2 amide bonds. The molecule has 138 valence electrons. The summed E-state index contributed by atoms with van der Waals surface area (Å²) in [6.07, 6.45) is 0.643. The lowest BCUT2D eigenvalue weighted by Gasteiger charge is -2.27. The Balaban J connectivity index is 1.63. The quantitative estimate of drug-likeness (QED) is 0.728. The van der Waals surface area contributed by atoms with Crippen LogP contribution in [0.4, 0.5) is 0 Å². The summed E-state index contributed by atoms with van der Waals surface area (Å²) >= 11 is 6.07. The average molecular weight is 384 g/mol. The Morgan fingerprint density at radius 3 is 2.81 bits per heavy atom. The van der Waals surface area contributed by atoms with Crippen LogP contribution in [-0.4, -0.2) is 23.0 Å². The first-order chi connectivity index (χ1) is 12.9. The van der Waals surface area contributed by atoms with Gasteiger partial charge in [0.2, 0.25) is 5.91 Å². The molecule has 0 aliphatic carbocycles. The molecule has 0 fully saturated rings. The van der Waals surface area contributed by atoms with E-state index in [-0.39, 0.29) is 11.9 Å². The molecule has 1 aliphatic rings. The van der Waals surface area contributed by atoms with Gasteiger partial charge >= 0.3 is 0 Å². The maximum absolute atomic E-state index is 12.9. The summed E-state index contributed by atoms with van der Waals surface area (Å²) in [4.78, 5) is 24.3. The Morgan fingerprint density at radius 2 is 2.04 bits per heavy atom. The minimum Gasteiger partial charge on any atom is -0.493 e. The van der Waals surface area contributed by atoms with E-state index in [1.807, 2.05) is 29.8 Å². The van der Waals surface area contributed by atoms with Crippen LogP contribution in [0, 0.1) is 0 Å². The van der Waals surface area contributed by atoms with E-state index in [1.165, 1.54) is 0 Å². The Bertz CT molecular complexity index is 1070. The van der Waals surface area contributed by atoms with Gasteiger partial charge in [0.25, 0.3) is 5.91 Å². The molecule has 0 saturated carbocycles.